The molecule has 4 rings (SSSR count). The topological polar surface area (TPSA) is 69.6 Å². The summed E-state index contributed by atoms with van der Waals surface area (Å²) in [6.45, 7) is 3.63. The van der Waals surface area contributed by atoms with Crippen LogP contribution in [0.1, 0.15) is 22.3 Å². The maximum absolute atomic E-state index is 13.4. The lowest BCUT2D eigenvalue weighted by molar-refractivity contribution is -0.133. The Kier molecular flexibility index (Phi) is 5.10. The maximum atomic E-state index is 13.4. The van der Waals surface area contributed by atoms with Gasteiger partial charge in [-0.25, -0.2) is 0 Å². The molecule has 3 aromatic carbocycles. The minimum atomic E-state index is -1.90. The van der Waals surface area contributed by atoms with Crippen molar-refractivity contribution < 1.29 is 14.7 Å². The Morgan fingerprint density at radius 2 is 1.83 bits per heavy atom. The quantitative estimate of drug-likeness (QED) is 0.665. The van der Waals surface area contributed by atoms with Gasteiger partial charge in [0.15, 0.2) is 5.60 Å². The van der Waals surface area contributed by atoms with Crippen LogP contribution in [-0.2, 0) is 15.2 Å². The van der Waals surface area contributed by atoms with Gasteiger partial charge in [-0.15, -0.1) is 0 Å². The zero-order valence-electron chi connectivity index (χ0n) is 16.6. The van der Waals surface area contributed by atoms with E-state index in [1.54, 1.807) is 48.5 Å². The van der Waals surface area contributed by atoms with Gasteiger partial charge in [0, 0.05) is 16.3 Å². The second-order valence-corrected chi connectivity index (χ2v) is 7.93. The standard InChI is InChI=1S/C24H21ClN2O3/c1-15-10-11-16(2)20(12-15)26-22(28)14-27-21-9-4-3-8-19(21)24(30,23(27)29)17-6-5-7-18(25)13-17/h3-13,30H,14H2,1-2H3,(H,26,28). The summed E-state index contributed by atoms with van der Waals surface area (Å²) in [5, 5.41) is 14.8. The lowest BCUT2D eigenvalue weighted by Crippen LogP contribution is -2.44. The van der Waals surface area contributed by atoms with E-state index in [0.29, 0.717) is 27.5 Å². The Bertz CT molecular complexity index is 1160. The molecule has 5 nitrogen and oxygen atoms in total. The van der Waals surface area contributed by atoms with Gasteiger partial charge in [-0.1, -0.05) is 54.1 Å². The Morgan fingerprint density at radius 3 is 2.60 bits per heavy atom. The molecular formula is C24H21ClN2O3. The third kappa shape index (κ3) is 3.36. The van der Waals surface area contributed by atoms with E-state index in [4.69, 9.17) is 11.6 Å². The zero-order valence-corrected chi connectivity index (χ0v) is 17.4. The minimum absolute atomic E-state index is 0.216. The van der Waals surface area contributed by atoms with Crippen molar-refractivity contribution >= 4 is 34.8 Å². The van der Waals surface area contributed by atoms with Crippen LogP contribution in [0.25, 0.3) is 0 Å². The summed E-state index contributed by atoms with van der Waals surface area (Å²) in [7, 11) is 0. The van der Waals surface area contributed by atoms with E-state index in [1.165, 1.54) is 4.90 Å². The number of hydrogen-bond acceptors (Lipinski definition) is 3. The summed E-state index contributed by atoms with van der Waals surface area (Å²) in [6.07, 6.45) is 0. The number of para-hydroxylation sites is 1. The van der Waals surface area contributed by atoms with E-state index in [9.17, 15) is 14.7 Å². The van der Waals surface area contributed by atoms with Crippen LogP contribution in [0.4, 0.5) is 11.4 Å². The maximum Gasteiger partial charge on any atom is 0.268 e. The molecule has 1 heterocycles. The van der Waals surface area contributed by atoms with E-state index in [1.807, 2.05) is 32.0 Å². The summed E-state index contributed by atoms with van der Waals surface area (Å²) in [5.41, 5.74) is 2.04. The van der Waals surface area contributed by atoms with Gasteiger partial charge in [0.05, 0.1) is 5.69 Å². The molecule has 0 fully saturated rings. The van der Waals surface area contributed by atoms with E-state index < -0.39 is 11.5 Å². The van der Waals surface area contributed by atoms with Crippen LogP contribution in [-0.4, -0.2) is 23.5 Å². The number of halogens is 1. The summed E-state index contributed by atoms with van der Waals surface area (Å²) >= 11 is 6.10. The molecule has 2 amide bonds. The highest BCUT2D eigenvalue weighted by Crippen LogP contribution is 2.44. The van der Waals surface area contributed by atoms with Gasteiger partial charge in [-0.3, -0.25) is 14.5 Å². The number of carbonyl (C=O) groups excluding carboxylic acids is 2. The van der Waals surface area contributed by atoms with Crippen molar-refractivity contribution in [3.8, 4) is 0 Å². The molecule has 0 aromatic heterocycles. The van der Waals surface area contributed by atoms with Crippen molar-refractivity contribution in [2.24, 2.45) is 0 Å². The molecule has 1 aliphatic rings. The Hall–Kier alpha value is -3.15. The second-order valence-electron chi connectivity index (χ2n) is 7.50. The molecule has 6 heteroatoms. The molecule has 0 bridgehead atoms. The molecule has 1 aliphatic heterocycles. The average Bonchev–Trinajstić information content (AvgIpc) is 2.94. The molecule has 152 valence electrons. The number of fused-ring (bicyclic) bond motifs is 1. The smallest absolute Gasteiger partial charge is 0.268 e. The number of aliphatic hydroxyl groups is 1. The molecular weight excluding hydrogens is 400 g/mol. The van der Waals surface area contributed by atoms with Crippen molar-refractivity contribution in [3.63, 3.8) is 0 Å². The van der Waals surface area contributed by atoms with E-state index in [-0.39, 0.29) is 12.5 Å². The molecule has 30 heavy (non-hydrogen) atoms. The summed E-state index contributed by atoms with van der Waals surface area (Å²) in [4.78, 5) is 27.5. The summed E-state index contributed by atoms with van der Waals surface area (Å²) in [5.74, 6) is -0.927. The molecule has 0 saturated heterocycles. The van der Waals surface area contributed by atoms with Crippen molar-refractivity contribution in [1.82, 2.24) is 0 Å². The number of benzene rings is 3. The first-order valence-corrected chi connectivity index (χ1v) is 9.95. The first-order valence-electron chi connectivity index (χ1n) is 9.57. The normalized spacial score (nSPS) is 17.7. The summed E-state index contributed by atoms with van der Waals surface area (Å²) < 4.78 is 0. The lowest BCUT2D eigenvalue weighted by Gasteiger charge is -2.24. The van der Waals surface area contributed by atoms with E-state index >= 15 is 0 Å². The fourth-order valence-electron chi connectivity index (χ4n) is 3.79. The first-order chi connectivity index (χ1) is 14.3. The van der Waals surface area contributed by atoms with Crippen LogP contribution in [0, 0.1) is 13.8 Å². The van der Waals surface area contributed by atoms with Gasteiger partial charge in [0.2, 0.25) is 5.91 Å². The van der Waals surface area contributed by atoms with Crippen LogP contribution in [0.3, 0.4) is 0 Å². The third-order valence-corrected chi connectivity index (χ3v) is 5.59. The number of hydrogen-bond donors (Lipinski definition) is 2. The number of carbonyl (C=O) groups is 2. The highest BCUT2D eigenvalue weighted by atomic mass is 35.5. The molecule has 1 unspecified atom stereocenters. The molecule has 0 radical (unpaired) electrons. The van der Waals surface area contributed by atoms with Gasteiger partial charge in [0.1, 0.15) is 6.54 Å². The molecule has 0 spiro atoms. The number of amides is 2. The predicted octanol–water partition coefficient (Wildman–Crippen LogP) is 4.18. The number of anilines is 2. The van der Waals surface area contributed by atoms with Crippen LogP contribution in [0.15, 0.2) is 66.7 Å². The molecule has 1 atom stereocenters. The number of aryl methyl sites for hydroxylation is 2. The Labute approximate surface area is 179 Å². The molecule has 0 aliphatic carbocycles. The number of rotatable bonds is 4. The number of nitrogens with one attached hydrogen (secondary N) is 1. The molecule has 3 aromatic rings. The SMILES string of the molecule is Cc1ccc(C)c(NC(=O)CN2C(=O)C(O)(c3cccc(Cl)c3)c3ccccc32)c1. The van der Waals surface area contributed by atoms with Crippen LogP contribution in [0.2, 0.25) is 5.02 Å². The van der Waals surface area contributed by atoms with Gasteiger partial charge in [0.25, 0.3) is 5.91 Å². The second kappa shape index (κ2) is 7.59. The van der Waals surface area contributed by atoms with Crippen molar-refractivity contribution in [1.29, 1.82) is 0 Å². The van der Waals surface area contributed by atoms with Crippen molar-refractivity contribution in [3.05, 3.63) is 94.0 Å². The van der Waals surface area contributed by atoms with E-state index in [2.05, 4.69) is 5.32 Å². The van der Waals surface area contributed by atoms with Gasteiger partial charge in [-0.05, 0) is 54.8 Å². The average molecular weight is 421 g/mol. The highest BCUT2D eigenvalue weighted by Gasteiger charge is 2.51. The number of nitrogens with zero attached hydrogens (tertiary/aromatic N) is 1. The largest absolute Gasteiger partial charge is 0.372 e. The minimum Gasteiger partial charge on any atom is -0.372 e. The van der Waals surface area contributed by atoms with Crippen LogP contribution in [0.5, 0.6) is 0 Å². The van der Waals surface area contributed by atoms with E-state index in [0.717, 1.165) is 11.1 Å². The highest BCUT2D eigenvalue weighted by molar-refractivity contribution is 6.30. The first kappa shape index (κ1) is 20.1. The predicted molar refractivity (Wildman–Crippen MR) is 118 cm³/mol. The summed E-state index contributed by atoms with van der Waals surface area (Å²) in [6, 6.07) is 19.3. The zero-order chi connectivity index (χ0) is 21.5. The van der Waals surface area contributed by atoms with Crippen molar-refractivity contribution in [2.75, 3.05) is 16.8 Å². The molecule has 2 N–H and O–H groups in total. The van der Waals surface area contributed by atoms with Crippen LogP contribution < -0.4 is 10.2 Å². The van der Waals surface area contributed by atoms with Gasteiger partial charge in [-0.2, -0.15) is 0 Å². The Balaban J connectivity index is 1.67. The monoisotopic (exact) mass is 420 g/mol. The van der Waals surface area contributed by atoms with Crippen molar-refractivity contribution in [2.45, 2.75) is 19.4 Å². The lowest BCUT2D eigenvalue weighted by atomic mass is 9.87. The van der Waals surface area contributed by atoms with Gasteiger partial charge < -0.3 is 10.4 Å². The fraction of sp³-hybridized carbons (Fsp3) is 0.167. The molecule has 0 saturated carbocycles. The van der Waals surface area contributed by atoms with Crippen LogP contribution >= 0.6 is 11.6 Å². The Morgan fingerprint density at radius 1 is 1.07 bits per heavy atom. The fourth-order valence-corrected chi connectivity index (χ4v) is 3.98. The van der Waals surface area contributed by atoms with Gasteiger partial charge >= 0.3 is 0 Å². The third-order valence-electron chi connectivity index (χ3n) is 5.35.